The molecular weight excluding hydrogens is 462 g/mol. The molecule has 5 heteroatoms. The highest BCUT2D eigenvalue weighted by atomic mass is 79.9. The van der Waals surface area contributed by atoms with E-state index in [1.165, 1.54) is 36.8 Å². The molecule has 170 valence electrons. The van der Waals surface area contributed by atoms with E-state index in [1.54, 1.807) is 0 Å². The van der Waals surface area contributed by atoms with E-state index in [4.69, 9.17) is 0 Å². The molecule has 2 saturated carbocycles. The Morgan fingerprint density at radius 1 is 0.969 bits per heavy atom. The van der Waals surface area contributed by atoms with E-state index in [-0.39, 0.29) is 5.92 Å². The minimum absolute atomic E-state index is 0.272. The molecule has 2 atom stereocenters. The SMILES string of the molecule is O=C(C1C2CCCCC21)N1CCN(Cc2ccccc2)CCCNc2ccc(Br)cc2C1. The van der Waals surface area contributed by atoms with Crippen LogP contribution in [-0.2, 0) is 17.9 Å². The molecule has 2 aromatic rings. The molecule has 0 radical (unpaired) electrons. The minimum atomic E-state index is 0.272. The first-order valence-electron chi connectivity index (χ1n) is 12.3. The summed E-state index contributed by atoms with van der Waals surface area (Å²) < 4.78 is 1.08. The highest BCUT2D eigenvalue weighted by Crippen LogP contribution is 2.56. The Morgan fingerprint density at radius 2 is 1.75 bits per heavy atom. The zero-order valence-corrected chi connectivity index (χ0v) is 20.4. The maximum atomic E-state index is 13.7. The van der Waals surface area contributed by atoms with Gasteiger partial charge >= 0.3 is 0 Å². The van der Waals surface area contributed by atoms with Crippen molar-refractivity contribution in [2.24, 2.45) is 17.8 Å². The van der Waals surface area contributed by atoms with Gasteiger partial charge in [-0.05, 0) is 60.4 Å². The van der Waals surface area contributed by atoms with Crippen molar-refractivity contribution in [2.75, 3.05) is 31.5 Å². The lowest BCUT2D eigenvalue weighted by molar-refractivity contribution is -0.134. The lowest BCUT2D eigenvalue weighted by Gasteiger charge is -2.28. The van der Waals surface area contributed by atoms with Gasteiger partial charge in [0.15, 0.2) is 0 Å². The van der Waals surface area contributed by atoms with Gasteiger partial charge in [-0.1, -0.05) is 59.1 Å². The molecule has 0 aromatic heterocycles. The summed E-state index contributed by atoms with van der Waals surface area (Å²) in [6, 6.07) is 17.1. The molecule has 1 heterocycles. The molecule has 2 aromatic carbocycles. The maximum absolute atomic E-state index is 13.7. The fraction of sp³-hybridized carbons (Fsp3) is 0.519. The summed E-state index contributed by atoms with van der Waals surface area (Å²) >= 11 is 3.64. The molecule has 4 nitrogen and oxygen atoms in total. The van der Waals surface area contributed by atoms with E-state index < -0.39 is 0 Å². The van der Waals surface area contributed by atoms with Gasteiger partial charge in [0.25, 0.3) is 0 Å². The molecule has 1 amide bonds. The maximum Gasteiger partial charge on any atom is 0.226 e. The topological polar surface area (TPSA) is 35.6 Å². The first kappa shape index (κ1) is 22.0. The van der Waals surface area contributed by atoms with Gasteiger partial charge in [-0.25, -0.2) is 0 Å². The number of nitrogens with one attached hydrogen (secondary N) is 1. The van der Waals surface area contributed by atoms with Gasteiger partial charge in [0.05, 0.1) is 0 Å². The van der Waals surface area contributed by atoms with Crippen LogP contribution in [0.1, 0.15) is 43.2 Å². The van der Waals surface area contributed by atoms with Crippen molar-refractivity contribution in [3.63, 3.8) is 0 Å². The molecule has 3 aliphatic rings. The summed E-state index contributed by atoms with van der Waals surface area (Å²) in [4.78, 5) is 18.4. The van der Waals surface area contributed by atoms with E-state index in [9.17, 15) is 4.79 Å². The van der Waals surface area contributed by atoms with Crippen molar-refractivity contribution in [2.45, 2.75) is 45.2 Å². The number of hydrogen-bond donors (Lipinski definition) is 1. The van der Waals surface area contributed by atoms with E-state index in [1.807, 2.05) is 0 Å². The molecule has 2 fully saturated rings. The Morgan fingerprint density at radius 3 is 2.53 bits per heavy atom. The second kappa shape index (κ2) is 9.96. The van der Waals surface area contributed by atoms with E-state index in [2.05, 4.69) is 79.6 Å². The van der Waals surface area contributed by atoms with E-state index >= 15 is 0 Å². The Labute approximate surface area is 200 Å². The normalized spacial score (nSPS) is 26.3. The Balaban J connectivity index is 1.36. The third-order valence-electron chi connectivity index (χ3n) is 7.58. The van der Waals surface area contributed by atoms with Crippen molar-refractivity contribution in [1.29, 1.82) is 0 Å². The Bertz CT molecular complexity index is 922. The quantitative estimate of drug-likeness (QED) is 0.607. The summed E-state index contributed by atoms with van der Waals surface area (Å²) in [5, 5.41) is 3.64. The number of rotatable bonds is 3. The van der Waals surface area contributed by atoms with Gasteiger partial charge in [-0.2, -0.15) is 0 Å². The lowest BCUT2D eigenvalue weighted by Crippen LogP contribution is -2.39. The van der Waals surface area contributed by atoms with Gasteiger partial charge in [0.1, 0.15) is 0 Å². The zero-order valence-electron chi connectivity index (χ0n) is 18.8. The van der Waals surface area contributed by atoms with Gasteiger partial charge in [-0.3, -0.25) is 9.69 Å². The number of carbonyl (C=O) groups excluding carboxylic acids is 1. The van der Waals surface area contributed by atoms with Crippen molar-refractivity contribution in [1.82, 2.24) is 9.80 Å². The average Bonchev–Trinajstić information content (AvgIpc) is 3.54. The molecular formula is C27H34BrN3O. The molecule has 32 heavy (non-hydrogen) atoms. The summed E-state index contributed by atoms with van der Waals surface area (Å²) in [7, 11) is 0. The van der Waals surface area contributed by atoms with Crippen LogP contribution in [0.4, 0.5) is 5.69 Å². The molecule has 1 N–H and O–H groups in total. The molecule has 0 bridgehead atoms. The van der Waals surface area contributed by atoms with Crippen molar-refractivity contribution in [3.05, 3.63) is 64.1 Å². The highest BCUT2D eigenvalue weighted by molar-refractivity contribution is 9.10. The molecule has 2 aliphatic carbocycles. The Hall–Kier alpha value is -1.85. The van der Waals surface area contributed by atoms with Gasteiger partial charge in [0.2, 0.25) is 5.91 Å². The first-order valence-corrected chi connectivity index (χ1v) is 13.1. The molecule has 0 saturated heterocycles. The van der Waals surface area contributed by atoms with Crippen LogP contribution in [0.2, 0.25) is 0 Å². The molecule has 0 spiro atoms. The van der Waals surface area contributed by atoms with Crippen LogP contribution in [-0.4, -0.2) is 41.9 Å². The summed E-state index contributed by atoms with van der Waals surface area (Å²) in [5.74, 6) is 1.96. The third-order valence-corrected chi connectivity index (χ3v) is 8.08. The number of carbonyl (C=O) groups is 1. The molecule has 2 unspecified atom stereocenters. The van der Waals surface area contributed by atoms with Crippen LogP contribution in [0.3, 0.4) is 0 Å². The number of amides is 1. The standard InChI is InChI=1S/C27H34BrN3O/c28-22-11-12-25-21(17-22)19-31(27(32)26-23-9-4-5-10-24(23)26)16-15-30(14-6-13-29-25)18-20-7-2-1-3-8-20/h1-3,7-8,11-12,17,23-24,26,29H,4-6,9-10,13-16,18-19H2. The zero-order chi connectivity index (χ0) is 21.9. The lowest BCUT2D eigenvalue weighted by atomic mass is 10.0. The number of benzene rings is 2. The number of fused-ring (bicyclic) bond motifs is 2. The smallest absolute Gasteiger partial charge is 0.226 e. The van der Waals surface area contributed by atoms with Crippen LogP contribution in [0, 0.1) is 17.8 Å². The summed E-state index contributed by atoms with van der Waals surface area (Å²) in [5.41, 5.74) is 3.72. The fourth-order valence-electron chi connectivity index (χ4n) is 5.81. The van der Waals surface area contributed by atoms with Crippen LogP contribution < -0.4 is 5.32 Å². The van der Waals surface area contributed by atoms with E-state index in [0.717, 1.165) is 49.3 Å². The number of anilines is 1. The second-order valence-electron chi connectivity index (χ2n) is 9.74. The number of nitrogens with zero attached hydrogens (tertiary/aromatic N) is 2. The molecule has 1 aliphatic heterocycles. The first-order chi connectivity index (χ1) is 15.7. The number of halogens is 1. The van der Waals surface area contributed by atoms with Gasteiger partial charge in [-0.15, -0.1) is 0 Å². The van der Waals surface area contributed by atoms with Crippen molar-refractivity contribution in [3.8, 4) is 0 Å². The highest BCUT2D eigenvalue weighted by Gasteiger charge is 2.55. The number of hydrogen-bond acceptors (Lipinski definition) is 3. The van der Waals surface area contributed by atoms with Crippen LogP contribution >= 0.6 is 15.9 Å². The predicted molar refractivity (Wildman–Crippen MR) is 133 cm³/mol. The van der Waals surface area contributed by atoms with Crippen molar-refractivity contribution >= 4 is 27.5 Å². The fourth-order valence-corrected chi connectivity index (χ4v) is 6.22. The van der Waals surface area contributed by atoms with Crippen LogP contribution in [0.15, 0.2) is 53.0 Å². The largest absolute Gasteiger partial charge is 0.385 e. The predicted octanol–water partition coefficient (Wildman–Crippen LogP) is 5.53. The van der Waals surface area contributed by atoms with Gasteiger partial charge < -0.3 is 10.2 Å². The van der Waals surface area contributed by atoms with Gasteiger partial charge in [0, 0.05) is 55.3 Å². The average molecular weight is 496 g/mol. The third kappa shape index (κ3) is 5.04. The summed E-state index contributed by atoms with van der Waals surface area (Å²) in [6.07, 6.45) is 6.19. The van der Waals surface area contributed by atoms with Crippen molar-refractivity contribution < 1.29 is 4.79 Å². The van der Waals surface area contributed by atoms with Crippen LogP contribution in [0.25, 0.3) is 0 Å². The summed E-state index contributed by atoms with van der Waals surface area (Å²) in [6.45, 7) is 5.33. The molecule has 5 rings (SSSR count). The van der Waals surface area contributed by atoms with Crippen LogP contribution in [0.5, 0.6) is 0 Å². The second-order valence-corrected chi connectivity index (χ2v) is 10.7. The van der Waals surface area contributed by atoms with E-state index in [0.29, 0.717) is 24.3 Å². The minimum Gasteiger partial charge on any atom is -0.385 e. The Kier molecular flexibility index (Phi) is 6.84. The monoisotopic (exact) mass is 495 g/mol.